The number of methoxy groups -OCH3 is 1. The van der Waals surface area contributed by atoms with Crippen molar-refractivity contribution in [3.05, 3.63) is 174 Å². The molecule has 0 amide bonds. The molecule has 0 aromatic heterocycles. The van der Waals surface area contributed by atoms with Crippen molar-refractivity contribution in [1.82, 2.24) is 0 Å². The Bertz CT molecular complexity index is 2480. The molecule has 51 heavy (non-hydrogen) atoms. The van der Waals surface area contributed by atoms with Crippen LogP contribution in [0.1, 0.15) is 49.4 Å². The van der Waals surface area contributed by atoms with Crippen LogP contribution in [0.4, 0.5) is 0 Å². The first-order valence-corrected chi connectivity index (χ1v) is 18.2. The summed E-state index contributed by atoms with van der Waals surface area (Å²) < 4.78 is 5.68. The molecule has 0 saturated heterocycles. The van der Waals surface area contributed by atoms with Gasteiger partial charge in [0, 0.05) is 5.56 Å². The molecule has 248 valence electrons. The lowest BCUT2D eigenvalue weighted by Crippen LogP contribution is -2.10. The Morgan fingerprint density at radius 3 is 1.80 bits per heavy atom. The van der Waals surface area contributed by atoms with Crippen molar-refractivity contribution >= 4 is 32.7 Å². The van der Waals surface area contributed by atoms with Gasteiger partial charge in [0.05, 0.1) is 7.11 Å². The lowest BCUT2D eigenvalue weighted by Gasteiger charge is -2.24. The van der Waals surface area contributed by atoms with Gasteiger partial charge in [-0.05, 0) is 119 Å². The molecule has 0 aliphatic heterocycles. The summed E-state index contributed by atoms with van der Waals surface area (Å²) in [6, 6.07) is 51.5. The second kappa shape index (κ2) is 12.3. The van der Waals surface area contributed by atoms with Gasteiger partial charge in [0.2, 0.25) is 0 Å². The highest BCUT2D eigenvalue weighted by Gasteiger charge is 2.31. The molecule has 1 nitrogen and oxygen atoms in total. The van der Waals surface area contributed by atoms with Crippen LogP contribution < -0.4 is 4.74 Å². The van der Waals surface area contributed by atoms with E-state index >= 15 is 0 Å². The fraction of sp³-hybridized carbons (Fsp3) is 0.160. The first-order chi connectivity index (χ1) is 24.9. The van der Waals surface area contributed by atoms with Crippen molar-refractivity contribution in [2.24, 2.45) is 5.92 Å². The summed E-state index contributed by atoms with van der Waals surface area (Å²) in [7, 11) is 1.74. The van der Waals surface area contributed by atoms with E-state index in [2.05, 4.69) is 160 Å². The minimum absolute atomic E-state index is 0.121. The molecule has 0 spiro atoms. The number of ether oxygens (including phenoxy) is 1. The lowest BCUT2D eigenvalue weighted by atomic mass is 9.79. The topological polar surface area (TPSA) is 9.23 Å². The van der Waals surface area contributed by atoms with Crippen LogP contribution in [0.3, 0.4) is 0 Å². The predicted octanol–water partition coefficient (Wildman–Crippen LogP) is 13.3. The highest BCUT2D eigenvalue weighted by atomic mass is 16.5. The Labute approximate surface area is 301 Å². The Balaban J connectivity index is 1.09. The second-order valence-electron chi connectivity index (χ2n) is 15.2. The summed E-state index contributed by atoms with van der Waals surface area (Å²) in [6.45, 7) is 6.84. The number of allylic oxidation sites excluding steroid dienone is 4. The molecule has 1 atom stereocenters. The number of hydrogen-bond acceptors (Lipinski definition) is 1. The number of hydrogen-bond donors (Lipinski definition) is 0. The molecule has 0 saturated carbocycles. The molecule has 0 heterocycles. The van der Waals surface area contributed by atoms with Gasteiger partial charge in [0.1, 0.15) is 5.75 Å². The van der Waals surface area contributed by atoms with Crippen molar-refractivity contribution in [2.75, 3.05) is 7.11 Å². The summed E-state index contributed by atoms with van der Waals surface area (Å²) in [5.41, 5.74) is 16.0. The van der Waals surface area contributed by atoms with Gasteiger partial charge in [-0.1, -0.05) is 160 Å². The molecule has 0 N–H and O–H groups in total. The third-order valence-electron chi connectivity index (χ3n) is 11.2. The average Bonchev–Trinajstić information content (AvgIpc) is 3.53. The molecule has 9 rings (SSSR count). The van der Waals surface area contributed by atoms with Gasteiger partial charge in [0.25, 0.3) is 0 Å². The van der Waals surface area contributed by atoms with Gasteiger partial charge < -0.3 is 4.74 Å². The van der Waals surface area contributed by atoms with Gasteiger partial charge in [-0.25, -0.2) is 0 Å². The standard InChI is InChI=1S/C50H42O/c1-50(2,3)39-24-20-32(21-25-39)48-43-15-5-7-17-45(43)49(46-18-8-6-16-44(46)48)36-23-27-41-38(30-36)31-37-29-34(22-26-40(37)41)33-12-11-13-35(28-33)42-14-9-10-19-47(42)51-4/h5-29,38H,30-31H2,1-4H3. The van der Waals surface area contributed by atoms with E-state index in [0.717, 1.165) is 24.2 Å². The minimum atomic E-state index is 0.121. The van der Waals surface area contributed by atoms with Crippen molar-refractivity contribution in [3.63, 3.8) is 0 Å². The summed E-state index contributed by atoms with van der Waals surface area (Å²) in [5, 5.41) is 5.31. The van der Waals surface area contributed by atoms with Gasteiger partial charge in [-0.15, -0.1) is 0 Å². The lowest BCUT2D eigenvalue weighted by molar-refractivity contribution is 0.416. The number of fused-ring (bicyclic) bond motifs is 5. The van der Waals surface area contributed by atoms with Crippen LogP contribution >= 0.6 is 0 Å². The Kier molecular flexibility index (Phi) is 7.55. The Hall–Kier alpha value is -5.66. The molecule has 7 aromatic carbocycles. The zero-order valence-electron chi connectivity index (χ0n) is 29.8. The van der Waals surface area contributed by atoms with E-state index in [1.165, 1.54) is 82.8 Å². The summed E-state index contributed by atoms with van der Waals surface area (Å²) >= 11 is 0. The van der Waals surface area contributed by atoms with Crippen molar-refractivity contribution in [3.8, 4) is 39.1 Å². The zero-order valence-corrected chi connectivity index (χ0v) is 29.8. The van der Waals surface area contributed by atoms with Crippen molar-refractivity contribution in [1.29, 1.82) is 0 Å². The van der Waals surface area contributed by atoms with Crippen LogP contribution in [-0.2, 0) is 11.8 Å². The van der Waals surface area contributed by atoms with E-state index in [-0.39, 0.29) is 5.41 Å². The van der Waals surface area contributed by atoms with Crippen molar-refractivity contribution < 1.29 is 4.74 Å². The molecule has 0 radical (unpaired) electrons. The second-order valence-corrected chi connectivity index (χ2v) is 15.2. The minimum Gasteiger partial charge on any atom is -0.496 e. The van der Waals surface area contributed by atoms with Gasteiger partial charge in [0.15, 0.2) is 0 Å². The molecular weight excluding hydrogens is 617 g/mol. The largest absolute Gasteiger partial charge is 0.496 e. The summed E-state index contributed by atoms with van der Waals surface area (Å²) in [5.74, 6) is 1.37. The number of rotatable bonds is 5. The van der Waals surface area contributed by atoms with Crippen LogP contribution in [0.5, 0.6) is 5.75 Å². The number of benzene rings is 7. The monoisotopic (exact) mass is 658 g/mol. The molecule has 0 bridgehead atoms. The average molecular weight is 659 g/mol. The van der Waals surface area contributed by atoms with E-state index in [9.17, 15) is 0 Å². The molecule has 1 heteroatoms. The number of para-hydroxylation sites is 1. The maximum atomic E-state index is 5.68. The van der Waals surface area contributed by atoms with Gasteiger partial charge >= 0.3 is 0 Å². The first kappa shape index (κ1) is 31.3. The van der Waals surface area contributed by atoms with E-state index < -0.39 is 0 Å². The maximum absolute atomic E-state index is 5.68. The summed E-state index contributed by atoms with van der Waals surface area (Å²) in [4.78, 5) is 0. The van der Waals surface area contributed by atoms with Crippen molar-refractivity contribution in [2.45, 2.75) is 39.0 Å². The molecule has 7 aromatic rings. The fourth-order valence-electron chi connectivity index (χ4n) is 8.61. The molecular formula is C50H42O. The van der Waals surface area contributed by atoms with Gasteiger partial charge in [-0.3, -0.25) is 0 Å². The molecule has 2 aliphatic carbocycles. The van der Waals surface area contributed by atoms with Crippen LogP contribution in [0.15, 0.2) is 152 Å². The highest BCUT2D eigenvalue weighted by Crippen LogP contribution is 2.49. The summed E-state index contributed by atoms with van der Waals surface area (Å²) in [6.07, 6.45) is 6.93. The van der Waals surface area contributed by atoms with E-state index in [4.69, 9.17) is 4.74 Å². The molecule has 0 fully saturated rings. The molecule has 2 aliphatic rings. The van der Waals surface area contributed by atoms with Crippen LogP contribution in [0, 0.1) is 5.92 Å². The smallest absolute Gasteiger partial charge is 0.126 e. The predicted molar refractivity (Wildman–Crippen MR) is 217 cm³/mol. The van der Waals surface area contributed by atoms with E-state index in [1.54, 1.807) is 7.11 Å². The van der Waals surface area contributed by atoms with Crippen LogP contribution in [0.2, 0.25) is 0 Å². The van der Waals surface area contributed by atoms with Crippen LogP contribution in [0.25, 0.3) is 66.1 Å². The van der Waals surface area contributed by atoms with E-state index in [0.29, 0.717) is 5.92 Å². The van der Waals surface area contributed by atoms with Gasteiger partial charge in [-0.2, -0.15) is 0 Å². The normalized spacial score (nSPS) is 15.3. The quantitative estimate of drug-likeness (QED) is 0.167. The van der Waals surface area contributed by atoms with Crippen LogP contribution in [-0.4, -0.2) is 7.11 Å². The Morgan fingerprint density at radius 1 is 0.510 bits per heavy atom. The third kappa shape index (κ3) is 5.40. The third-order valence-corrected chi connectivity index (χ3v) is 11.2. The maximum Gasteiger partial charge on any atom is 0.126 e. The fourth-order valence-corrected chi connectivity index (χ4v) is 8.61. The first-order valence-electron chi connectivity index (χ1n) is 18.2. The highest BCUT2D eigenvalue weighted by molar-refractivity contribution is 6.19. The zero-order chi connectivity index (χ0) is 34.7. The van der Waals surface area contributed by atoms with E-state index in [1.807, 2.05) is 12.1 Å². The SMILES string of the molecule is COc1ccccc1-c1cccc(-c2ccc3c(c2)CC2CC(c4c5ccccc5c(-c5ccc(C(C)(C)C)cc5)c5ccccc45)=CC=C32)c1. The molecule has 1 unspecified atom stereocenters. The Morgan fingerprint density at radius 2 is 1.12 bits per heavy atom.